The zero-order valence-corrected chi connectivity index (χ0v) is 8.61. The van der Waals surface area contributed by atoms with Gasteiger partial charge >= 0.3 is 0 Å². The summed E-state index contributed by atoms with van der Waals surface area (Å²) in [6.45, 7) is 6.19. The van der Waals surface area contributed by atoms with Crippen LogP contribution in [0.1, 0.15) is 26.5 Å². The molecule has 0 aromatic carbocycles. The molecule has 0 unspecified atom stereocenters. The van der Waals surface area contributed by atoms with Crippen molar-refractivity contribution in [2.75, 3.05) is 6.61 Å². The van der Waals surface area contributed by atoms with E-state index in [1.54, 1.807) is 6.20 Å². The van der Waals surface area contributed by atoms with Gasteiger partial charge in [0.15, 0.2) is 6.61 Å². The highest BCUT2D eigenvalue weighted by molar-refractivity contribution is 5.13. The van der Waals surface area contributed by atoms with Crippen LogP contribution in [0, 0.1) is 11.3 Å². The molecule has 0 spiro atoms. The Morgan fingerprint density at radius 2 is 2.07 bits per heavy atom. The van der Waals surface area contributed by atoms with E-state index in [2.05, 4.69) is 30.7 Å². The predicted octanol–water partition coefficient (Wildman–Crippen LogP) is 1.68. The van der Waals surface area contributed by atoms with Crippen molar-refractivity contribution < 1.29 is 4.74 Å². The minimum Gasteiger partial charge on any atom is -0.461 e. The fourth-order valence-electron chi connectivity index (χ4n) is 0.884. The molecule has 0 saturated carbocycles. The quantitative estimate of drug-likeness (QED) is 0.713. The van der Waals surface area contributed by atoms with E-state index >= 15 is 0 Å². The van der Waals surface area contributed by atoms with Gasteiger partial charge in [0.1, 0.15) is 6.07 Å². The van der Waals surface area contributed by atoms with Crippen molar-refractivity contribution in [3.63, 3.8) is 0 Å². The first-order valence-corrected chi connectivity index (χ1v) is 4.36. The number of aromatic nitrogens is 2. The van der Waals surface area contributed by atoms with Gasteiger partial charge in [0.05, 0.1) is 18.1 Å². The largest absolute Gasteiger partial charge is 0.461 e. The summed E-state index contributed by atoms with van der Waals surface area (Å²) in [7, 11) is 0. The molecule has 0 radical (unpaired) electrons. The number of hydrogen-bond acceptors (Lipinski definition) is 4. The molecule has 0 atom stereocenters. The molecule has 0 bridgehead atoms. The van der Waals surface area contributed by atoms with Gasteiger partial charge in [0, 0.05) is 5.41 Å². The highest BCUT2D eigenvalue weighted by atomic mass is 16.5. The smallest absolute Gasteiger partial charge is 0.233 e. The van der Waals surface area contributed by atoms with Crippen LogP contribution in [0.2, 0.25) is 0 Å². The normalized spacial score (nSPS) is 10.7. The third-order valence-corrected chi connectivity index (χ3v) is 1.68. The van der Waals surface area contributed by atoms with Crippen molar-refractivity contribution in [2.45, 2.75) is 26.2 Å². The topological polar surface area (TPSA) is 58.8 Å². The van der Waals surface area contributed by atoms with Crippen LogP contribution >= 0.6 is 0 Å². The van der Waals surface area contributed by atoms with Gasteiger partial charge in [-0.25, -0.2) is 4.98 Å². The molecule has 0 aliphatic rings. The van der Waals surface area contributed by atoms with E-state index in [1.165, 1.54) is 6.20 Å². The Morgan fingerprint density at radius 3 is 2.50 bits per heavy atom. The lowest BCUT2D eigenvalue weighted by Crippen LogP contribution is -2.13. The Hall–Kier alpha value is -1.63. The van der Waals surface area contributed by atoms with E-state index in [9.17, 15) is 0 Å². The first kappa shape index (κ1) is 10.5. The van der Waals surface area contributed by atoms with Crippen molar-refractivity contribution in [3.8, 4) is 11.9 Å². The minimum absolute atomic E-state index is 0.00352. The molecule has 0 N–H and O–H groups in total. The first-order chi connectivity index (χ1) is 6.54. The van der Waals surface area contributed by atoms with Gasteiger partial charge in [-0.1, -0.05) is 20.8 Å². The molecule has 14 heavy (non-hydrogen) atoms. The van der Waals surface area contributed by atoms with E-state index in [0.717, 1.165) is 5.69 Å². The Bertz CT molecular complexity index is 332. The van der Waals surface area contributed by atoms with Crippen LogP contribution in [0.15, 0.2) is 12.4 Å². The number of ether oxygens (including phenoxy) is 1. The summed E-state index contributed by atoms with van der Waals surface area (Å²) in [5.74, 6) is 0.388. The lowest BCUT2D eigenvalue weighted by atomic mass is 9.93. The zero-order valence-electron chi connectivity index (χ0n) is 8.61. The summed E-state index contributed by atoms with van der Waals surface area (Å²) < 4.78 is 4.99. The van der Waals surface area contributed by atoms with Crippen molar-refractivity contribution in [2.24, 2.45) is 0 Å². The molecule has 74 valence electrons. The molecule has 0 saturated heterocycles. The molecule has 1 aromatic heterocycles. The maximum atomic E-state index is 8.29. The van der Waals surface area contributed by atoms with E-state index < -0.39 is 0 Å². The molecule has 0 fully saturated rings. The van der Waals surface area contributed by atoms with Crippen LogP contribution in [-0.4, -0.2) is 16.6 Å². The first-order valence-electron chi connectivity index (χ1n) is 4.36. The minimum atomic E-state index is -0.0131. The van der Waals surface area contributed by atoms with Crippen LogP contribution in [0.3, 0.4) is 0 Å². The standard InChI is InChI=1S/C10H13N3O/c1-10(2,3)8-6-13-9(7-12-8)14-5-4-11/h6-7H,5H2,1-3H3. The number of rotatable bonds is 2. The summed E-state index contributed by atoms with van der Waals surface area (Å²) >= 11 is 0. The molecule has 4 nitrogen and oxygen atoms in total. The number of hydrogen-bond donors (Lipinski definition) is 0. The summed E-state index contributed by atoms with van der Waals surface area (Å²) in [6, 6.07) is 1.87. The molecule has 0 aliphatic heterocycles. The van der Waals surface area contributed by atoms with Gasteiger partial charge < -0.3 is 4.74 Å². The van der Waals surface area contributed by atoms with E-state index in [-0.39, 0.29) is 12.0 Å². The third kappa shape index (κ3) is 2.70. The van der Waals surface area contributed by atoms with Crippen molar-refractivity contribution in [1.29, 1.82) is 5.26 Å². The number of nitriles is 1. The maximum absolute atomic E-state index is 8.29. The molecule has 0 amide bonds. The second kappa shape index (κ2) is 4.05. The van der Waals surface area contributed by atoms with E-state index in [1.807, 2.05) is 6.07 Å². The Morgan fingerprint density at radius 1 is 1.36 bits per heavy atom. The molecule has 4 heteroatoms. The van der Waals surface area contributed by atoms with Crippen LogP contribution < -0.4 is 4.74 Å². The average Bonchev–Trinajstić information content (AvgIpc) is 2.14. The zero-order chi connectivity index (χ0) is 10.6. The Balaban J connectivity index is 2.75. The van der Waals surface area contributed by atoms with Crippen LogP contribution in [0.4, 0.5) is 0 Å². The highest BCUT2D eigenvalue weighted by Gasteiger charge is 2.15. The maximum Gasteiger partial charge on any atom is 0.233 e. The van der Waals surface area contributed by atoms with Gasteiger partial charge in [0.2, 0.25) is 5.88 Å². The summed E-state index contributed by atoms with van der Waals surface area (Å²) in [5, 5.41) is 8.29. The SMILES string of the molecule is CC(C)(C)c1cnc(OCC#N)cn1. The Labute approximate surface area is 83.6 Å². The molecule has 1 aromatic rings. The molecular formula is C10H13N3O. The monoisotopic (exact) mass is 191 g/mol. The van der Waals surface area contributed by atoms with E-state index in [4.69, 9.17) is 10.00 Å². The summed E-state index contributed by atoms with van der Waals surface area (Å²) in [6.07, 6.45) is 3.21. The molecule has 1 rings (SSSR count). The van der Waals surface area contributed by atoms with Crippen molar-refractivity contribution >= 4 is 0 Å². The molecule has 0 aliphatic carbocycles. The third-order valence-electron chi connectivity index (χ3n) is 1.68. The van der Waals surface area contributed by atoms with Crippen LogP contribution in [0.25, 0.3) is 0 Å². The lowest BCUT2D eigenvalue weighted by molar-refractivity contribution is 0.350. The van der Waals surface area contributed by atoms with Crippen LogP contribution in [-0.2, 0) is 5.41 Å². The summed E-state index contributed by atoms with van der Waals surface area (Å²) in [4.78, 5) is 8.25. The second-order valence-corrected chi connectivity index (χ2v) is 3.94. The number of nitrogens with zero attached hydrogens (tertiary/aromatic N) is 3. The average molecular weight is 191 g/mol. The second-order valence-electron chi connectivity index (χ2n) is 3.94. The lowest BCUT2D eigenvalue weighted by Gasteiger charge is -2.16. The molecule has 1 heterocycles. The van der Waals surface area contributed by atoms with Gasteiger partial charge in [-0.05, 0) is 0 Å². The predicted molar refractivity (Wildman–Crippen MR) is 51.8 cm³/mol. The van der Waals surface area contributed by atoms with Gasteiger partial charge in [-0.2, -0.15) is 5.26 Å². The fraction of sp³-hybridized carbons (Fsp3) is 0.500. The fourth-order valence-corrected chi connectivity index (χ4v) is 0.884. The van der Waals surface area contributed by atoms with Gasteiger partial charge in [-0.15, -0.1) is 0 Å². The van der Waals surface area contributed by atoms with Crippen LogP contribution in [0.5, 0.6) is 5.88 Å². The molecular weight excluding hydrogens is 178 g/mol. The Kier molecular flexibility index (Phi) is 3.03. The van der Waals surface area contributed by atoms with Crippen molar-refractivity contribution in [1.82, 2.24) is 9.97 Å². The highest BCUT2D eigenvalue weighted by Crippen LogP contribution is 2.19. The van der Waals surface area contributed by atoms with Gasteiger partial charge in [-0.3, -0.25) is 4.98 Å². The van der Waals surface area contributed by atoms with Gasteiger partial charge in [0.25, 0.3) is 0 Å². The summed E-state index contributed by atoms with van der Waals surface area (Å²) in [5.41, 5.74) is 0.891. The van der Waals surface area contributed by atoms with Crippen molar-refractivity contribution in [3.05, 3.63) is 18.1 Å². The van der Waals surface area contributed by atoms with E-state index in [0.29, 0.717) is 5.88 Å².